The number of hydrogen-bond acceptors (Lipinski definition) is 2. The Bertz CT molecular complexity index is 355. The van der Waals surface area contributed by atoms with Crippen molar-refractivity contribution < 1.29 is 4.79 Å². The van der Waals surface area contributed by atoms with Crippen molar-refractivity contribution >= 4 is 21.8 Å². The maximum absolute atomic E-state index is 11.9. The summed E-state index contributed by atoms with van der Waals surface area (Å²) in [5, 5.41) is 3.06. The van der Waals surface area contributed by atoms with Gasteiger partial charge in [0.15, 0.2) is 0 Å². The molecular formula is C12H15BrN2O. The number of halogens is 1. The van der Waals surface area contributed by atoms with Gasteiger partial charge >= 0.3 is 0 Å². The number of carbonyl (C=O) groups is 1. The van der Waals surface area contributed by atoms with Gasteiger partial charge in [-0.3, -0.25) is 9.78 Å². The highest BCUT2D eigenvalue weighted by Gasteiger charge is 2.24. The topological polar surface area (TPSA) is 42.0 Å². The van der Waals surface area contributed by atoms with Gasteiger partial charge in [-0.1, -0.05) is 28.8 Å². The van der Waals surface area contributed by atoms with E-state index in [1.165, 1.54) is 12.8 Å². The van der Waals surface area contributed by atoms with E-state index in [0.717, 1.165) is 12.8 Å². The van der Waals surface area contributed by atoms with E-state index in [1.807, 2.05) is 0 Å². The Kier molecular flexibility index (Phi) is 3.93. The summed E-state index contributed by atoms with van der Waals surface area (Å²) in [4.78, 5) is 16.2. The highest BCUT2D eigenvalue weighted by atomic mass is 79.9. The second-order valence-electron chi connectivity index (χ2n) is 4.12. The molecule has 1 N–H and O–H groups in total. The van der Waals surface area contributed by atoms with E-state index < -0.39 is 0 Å². The number of nitrogens with zero attached hydrogens (tertiary/aromatic N) is 1. The molecule has 0 saturated heterocycles. The molecule has 1 fully saturated rings. The Morgan fingerprint density at radius 1 is 1.44 bits per heavy atom. The molecule has 1 saturated carbocycles. The van der Waals surface area contributed by atoms with Gasteiger partial charge in [-0.25, -0.2) is 0 Å². The van der Waals surface area contributed by atoms with E-state index in [1.54, 1.807) is 24.5 Å². The minimum Gasteiger partial charge on any atom is -0.348 e. The van der Waals surface area contributed by atoms with Gasteiger partial charge in [-0.05, 0) is 25.0 Å². The molecule has 0 radical (unpaired) electrons. The van der Waals surface area contributed by atoms with E-state index in [0.29, 0.717) is 10.4 Å². The maximum atomic E-state index is 11.9. The highest BCUT2D eigenvalue weighted by molar-refractivity contribution is 9.09. The van der Waals surface area contributed by atoms with Crippen LogP contribution in [0.15, 0.2) is 24.5 Å². The molecule has 2 rings (SSSR count). The van der Waals surface area contributed by atoms with Gasteiger partial charge in [-0.2, -0.15) is 0 Å². The number of nitrogens with one attached hydrogen (secondary N) is 1. The zero-order valence-electron chi connectivity index (χ0n) is 9.03. The Labute approximate surface area is 104 Å². The number of carbonyl (C=O) groups excluding carboxylic acids is 1. The first kappa shape index (κ1) is 11.6. The number of aromatic nitrogens is 1. The zero-order chi connectivity index (χ0) is 11.4. The molecule has 0 aromatic carbocycles. The van der Waals surface area contributed by atoms with Crippen molar-refractivity contribution in [3.63, 3.8) is 0 Å². The van der Waals surface area contributed by atoms with Crippen LogP contribution in [0.5, 0.6) is 0 Å². The molecule has 16 heavy (non-hydrogen) atoms. The molecule has 0 aliphatic heterocycles. The normalized spacial score (nSPS) is 25.1. The third-order valence-corrected chi connectivity index (χ3v) is 4.02. The molecule has 1 aliphatic carbocycles. The van der Waals surface area contributed by atoms with Crippen LogP contribution in [0, 0.1) is 0 Å². The Balaban J connectivity index is 1.96. The van der Waals surface area contributed by atoms with Crippen LogP contribution < -0.4 is 5.32 Å². The third kappa shape index (κ3) is 2.82. The fraction of sp³-hybridized carbons (Fsp3) is 0.500. The van der Waals surface area contributed by atoms with Gasteiger partial charge in [0.05, 0.1) is 5.56 Å². The summed E-state index contributed by atoms with van der Waals surface area (Å²) in [5.41, 5.74) is 0.632. The van der Waals surface area contributed by atoms with Gasteiger partial charge in [0.25, 0.3) is 5.91 Å². The third-order valence-electron chi connectivity index (χ3n) is 2.92. The van der Waals surface area contributed by atoms with Crippen LogP contribution in [0.25, 0.3) is 0 Å². The van der Waals surface area contributed by atoms with Crippen molar-refractivity contribution in [1.82, 2.24) is 10.3 Å². The van der Waals surface area contributed by atoms with Crippen LogP contribution in [0.2, 0.25) is 0 Å². The van der Waals surface area contributed by atoms with Crippen LogP contribution >= 0.6 is 15.9 Å². The fourth-order valence-corrected chi connectivity index (χ4v) is 2.72. The van der Waals surface area contributed by atoms with Gasteiger partial charge in [-0.15, -0.1) is 0 Å². The number of pyridine rings is 1. The van der Waals surface area contributed by atoms with Gasteiger partial charge in [0.1, 0.15) is 0 Å². The largest absolute Gasteiger partial charge is 0.348 e. The first-order valence-electron chi connectivity index (χ1n) is 5.62. The van der Waals surface area contributed by atoms with Crippen LogP contribution in [0.4, 0.5) is 0 Å². The molecular weight excluding hydrogens is 268 g/mol. The highest BCUT2D eigenvalue weighted by Crippen LogP contribution is 2.24. The lowest BCUT2D eigenvalue weighted by Gasteiger charge is -2.28. The first-order chi connectivity index (χ1) is 7.77. The van der Waals surface area contributed by atoms with Crippen molar-refractivity contribution in [3.8, 4) is 0 Å². The van der Waals surface area contributed by atoms with Crippen LogP contribution in [0.3, 0.4) is 0 Å². The second kappa shape index (κ2) is 5.43. The second-order valence-corrected chi connectivity index (χ2v) is 5.30. The summed E-state index contributed by atoms with van der Waals surface area (Å²) < 4.78 is 0. The molecule has 1 aliphatic rings. The minimum atomic E-state index is -0.0237. The number of hydrogen-bond donors (Lipinski definition) is 1. The zero-order valence-corrected chi connectivity index (χ0v) is 10.6. The Hall–Kier alpha value is -0.900. The molecule has 3 nitrogen and oxygen atoms in total. The van der Waals surface area contributed by atoms with E-state index in [2.05, 4.69) is 26.2 Å². The van der Waals surface area contributed by atoms with Crippen LogP contribution in [-0.2, 0) is 0 Å². The molecule has 2 atom stereocenters. The molecule has 1 amide bonds. The van der Waals surface area contributed by atoms with Crippen molar-refractivity contribution in [2.45, 2.75) is 36.6 Å². The molecule has 1 heterocycles. The molecule has 1 aromatic heterocycles. The van der Waals surface area contributed by atoms with Gasteiger partial charge in [0.2, 0.25) is 0 Å². The smallest absolute Gasteiger partial charge is 0.253 e. The molecule has 86 valence electrons. The van der Waals surface area contributed by atoms with Crippen LogP contribution in [0.1, 0.15) is 36.0 Å². The van der Waals surface area contributed by atoms with E-state index in [9.17, 15) is 4.79 Å². The summed E-state index contributed by atoms with van der Waals surface area (Å²) in [6.07, 6.45) is 7.90. The average Bonchev–Trinajstić information content (AvgIpc) is 2.33. The fourth-order valence-electron chi connectivity index (χ4n) is 2.00. The number of amides is 1. The summed E-state index contributed by atoms with van der Waals surface area (Å²) in [6, 6.07) is 3.82. The predicted octanol–water partition coefficient (Wildman–Crippen LogP) is 2.52. The lowest BCUT2D eigenvalue weighted by atomic mass is 9.95. The average molecular weight is 283 g/mol. The van der Waals surface area contributed by atoms with Crippen molar-refractivity contribution in [2.24, 2.45) is 0 Å². The molecule has 1 aromatic rings. The summed E-state index contributed by atoms with van der Waals surface area (Å²) in [6.45, 7) is 0. The lowest BCUT2D eigenvalue weighted by Crippen LogP contribution is -2.42. The quantitative estimate of drug-likeness (QED) is 0.847. The summed E-state index contributed by atoms with van der Waals surface area (Å²) >= 11 is 3.63. The maximum Gasteiger partial charge on any atom is 0.253 e. The first-order valence-corrected chi connectivity index (χ1v) is 6.54. The number of rotatable bonds is 2. The Morgan fingerprint density at radius 2 is 2.25 bits per heavy atom. The van der Waals surface area contributed by atoms with Gasteiger partial charge < -0.3 is 5.32 Å². The van der Waals surface area contributed by atoms with Crippen molar-refractivity contribution in [2.75, 3.05) is 0 Å². The standard InChI is InChI=1S/C12H15BrN2O/c13-10-5-1-2-6-11(10)15-12(16)9-4-3-7-14-8-9/h3-4,7-8,10-11H,1-2,5-6H2,(H,15,16). The molecule has 4 heteroatoms. The van der Waals surface area contributed by atoms with Crippen molar-refractivity contribution in [1.29, 1.82) is 0 Å². The molecule has 2 unspecified atom stereocenters. The Morgan fingerprint density at radius 3 is 2.94 bits per heavy atom. The van der Waals surface area contributed by atoms with Crippen LogP contribution in [-0.4, -0.2) is 21.8 Å². The van der Waals surface area contributed by atoms with E-state index >= 15 is 0 Å². The molecule has 0 bridgehead atoms. The monoisotopic (exact) mass is 282 g/mol. The predicted molar refractivity (Wildman–Crippen MR) is 66.7 cm³/mol. The lowest BCUT2D eigenvalue weighted by molar-refractivity contribution is 0.0929. The minimum absolute atomic E-state index is 0.0237. The SMILES string of the molecule is O=C(NC1CCCCC1Br)c1cccnc1. The van der Waals surface area contributed by atoms with E-state index in [-0.39, 0.29) is 11.9 Å². The summed E-state index contributed by atoms with van der Waals surface area (Å²) in [5.74, 6) is -0.0237. The summed E-state index contributed by atoms with van der Waals surface area (Å²) in [7, 11) is 0. The van der Waals surface area contributed by atoms with E-state index in [4.69, 9.17) is 0 Å². The van der Waals surface area contributed by atoms with Gasteiger partial charge in [0, 0.05) is 23.3 Å². The number of alkyl halides is 1. The van der Waals surface area contributed by atoms with Crippen molar-refractivity contribution in [3.05, 3.63) is 30.1 Å². The molecule has 0 spiro atoms.